The summed E-state index contributed by atoms with van der Waals surface area (Å²) in [6, 6.07) is 12.0. The van der Waals surface area contributed by atoms with Crippen LogP contribution in [0.3, 0.4) is 0 Å². The molecule has 0 unspecified atom stereocenters. The van der Waals surface area contributed by atoms with Gasteiger partial charge < -0.3 is 10.6 Å². The molecule has 2 aromatic carbocycles. The predicted octanol–water partition coefficient (Wildman–Crippen LogP) is 4.62. The Morgan fingerprint density at radius 2 is 2.04 bits per heavy atom. The van der Waals surface area contributed by atoms with Gasteiger partial charge in [-0.05, 0) is 43.7 Å². The topological polar surface area (TPSA) is 54.0 Å². The van der Waals surface area contributed by atoms with Gasteiger partial charge in [-0.15, -0.1) is 11.3 Å². The van der Waals surface area contributed by atoms with Crippen molar-refractivity contribution in [3.63, 3.8) is 0 Å². The van der Waals surface area contributed by atoms with E-state index in [9.17, 15) is 9.18 Å². The van der Waals surface area contributed by atoms with E-state index < -0.39 is 0 Å². The summed E-state index contributed by atoms with van der Waals surface area (Å²) in [5, 5.41) is 8.79. The van der Waals surface area contributed by atoms with E-state index in [1.807, 2.05) is 43.5 Å². The van der Waals surface area contributed by atoms with Gasteiger partial charge in [-0.3, -0.25) is 4.79 Å². The molecule has 0 fully saturated rings. The van der Waals surface area contributed by atoms with Crippen LogP contribution in [0, 0.1) is 19.7 Å². The molecular formula is C19H18FN3OS. The van der Waals surface area contributed by atoms with Crippen molar-refractivity contribution in [1.82, 2.24) is 4.98 Å². The highest BCUT2D eigenvalue weighted by Gasteiger charge is 2.07. The number of hydrogen-bond donors (Lipinski definition) is 2. The quantitative estimate of drug-likeness (QED) is 0.702. The number of aromatic nitrogens is 1. The zero-order valence-corrected chi connectivity index (χ0v) is 14.8. The Kier molecular flexibility index (Phi) is 5.09. The summed E-state index contributed by atoms with van der Waals surface area (Å²) in [7, 11) is 0. The molecule has 0 spiro atoms. The van der Waals surface area contributed by atoms with Crippen LogP contribution in [0.15, 0.2) is 47.8 Å². The van der Waals surface area contributed by atoms with Crippen LogP contribution in [0.2, 0.25) is 0 Å². The number of amides is 1. The lowest BCUT2D eigenvalue weighted by Crippen LogP contribution is -2.22. The molecule has 0 radical (unpaired) electrons. The molecule has 1 heterocycles. The van der Waals surface area contributed by atoms with Crippen molar-refractivity contribution in [1.29, 1.82) is 0 Å². The molecule has 2 N–H and O–H groups in total. The number of nitrogens with zero attached hydrogens (tertiary/aromatic N) is 1. The molecule has 128 valence electrons. The molecule has 0 aliphatic rings. The number of thiazole rings is 1. The van der Waals surface area contributed by atoms with Crippen molar-refractivity contribution in [3.8, 4) is 11.3 Å². The monoisotopic (exact) mass is 355 g/mol. The van der Waals surface area contributed by atoms with E-state index in [-0.39, 0.29) is 18.3 Å². The highest BCUT2D eigenvalue weighted by Crippen LogP contribution is 2.24. The first-order valence-electron chi connectivity index (χ1n) is 7.84. The van der Waals surface area contributed by atoms with Crippen LogP contribution < -0.4 is 10.6 Å². The Labute approximate surface area is 149 Å². The number of hydrogen-bond acceptors (Lipinski definition) is 4. The average molecular weight is 355 g/mol. The van der Waals surface area contributed by atoms with Gasteiger partial charge in [0.15, 0.2) is 0 Å². The first-order chi connectivity index (χ1) is 12.0. The number of carbonyl (C=O) groups excluding carboxylic acids is 1. The summed E-state index contributed by atoms with van der Waals surface area (Å²) in [5.74, 6) is -0.532. The zero-order valence-electron chi connectivity index (χ0n) is 14.0. The van der Waals surface area contributed by atoms with E-state index in [2.05, 4.69) is 15.6 Å². The lowest BCUT2D eigenvalue weighted by atomic mass is 10.1. The first kappa shape index (κ1) is 17.1. The van der Waals surface area contributed by atoms with Gasteiger partial charge >= 0.3 is 0 Å². The van der Waals surface area contributed by atoms with Gasteiger partial charge in [0.2, 0.25) is 5.91 Å². The van der Waals surface area contributed by atoms with Crippen LogP contribution >= 0.6 is 11.3 Å². The number of anilines is 2. The maximum Gasteiger partial charge on any atom is 0.243 e. The lowest BCUT2D eigenvalue weighted by molar-refractivity contribution is -0.114. The lowest BCUT2D eigenvalue weighted by Gasteiger charge is -2.10. The molecule has 0 bridgehead atoms. The third kappa shape index (κ3) is 4.42. The summed E-state index contributed by atoms with van der Waals surface area (Å²) in [6.07, 6.45) is 0. The zero-order chi connectivity index (χ0) is 17.8. The summed E-state index contributed by atoms with van der Waals surface area (Å²) in [4.78, 5) is 16.6. The van der Waals surface area contributed by atoms with Gasteiger partial charge in [0.1, 0.15) is 5.82 Å². The second-order valence-electron chi connectivity index (χ2n) is 5.69. The predicted molar refractivity (Wildman–Crippen MR) is 101 cm³/mol. The molecule has 3 aromatic rings. The number of halogens is 1. The Morgan fingerprint density at radius 1 is 1.20 bits per heavy atom. The molecule has 3 rings (SSSR count). The number of benzene rings is 2. The molecular weight excluding hydrogens is 337 g/mol. The number of nitrogens with one attached hydrogen (secondary N) is 2. The summed E-state index contributed by atoms with van der Waals surface area (Å²) in [6.45, 7) is 3.88. The highest BCUT2D eigenvalue weighted by atomic mass is 32.1. The normalized spacial score (nSPS) is 10.5. The van der Waals surface area contributed by atoms with E-state index in [4.69, 9.17) is 0 Å². The highest BCUT2D eigenvalue weighted by molar-refractivity contribution is 7.09. The molecule has 0 atom stereocenters. The fourth-order valence-electron chi connectivity index (χ4n) is 2.42. The van der Waals surface area contributed by atoms with Crippen LogP contribution in [-0.4, -0.2) is 17.4 Å². The minimum atomic E-state index is -0.334. The maximum absolute atomic E-state index is 13.3. The second-order valence-corrected chi connectivity index (χ2v) is 6.76. The Balaban J connectivity index is 1.64. The van der Waals surface area contributed by atoms with Crippen LogP contribution in [0.4, 0.5) is 15.8 Å². The molecule has 4 nitrogen and oxygen atoms in total. The third-order valence-electron chi connectivity index (χ3n) is 3.70. The number of aryl methyl sites for hydroxylation is 2. The van der Waals surface area contributed by atoms with Gasteiger partial charge in [0.05, 0.1) is 17.2 Å². The van der Waals surface area contributed by atoms with E-state index >= 15 is 0 Å². The average Bonchev–Trinajstić information content (AvgIpc) is 3.02. The maximum atomic E-state index is 13.3. The third-order valence-corrected chi connectivity index (χ3v) is 4.47. The SMILES string of the molecule is Cc1nc(-c2cccc(NC(=O)CNc3cc(F)ccc3C)c2)cs1. The summed E-state index contributed by atoms with van der Waals surface area (Å²) in [5.41, 5.74) is 4.05. The van der Waals surface area contributed by atoms with Crippen molar-refractivity contribution in [2.45, 2.75) is 13.8 Å². The smallest absolute Gasteiger partial charge is 0.243 e. The first-order valence-corrected chi connectivity index (χ1v) is 8.71. The van der Waals surface area contributed by atoms with Crippen molar-refractivity contribution in [3.05, 3.63) is 64.2 Å². The van der Waals surface area contributed by atoms with Gasteiger partial charge in [-0.1, -0.05) is 18.2 Å². The van der Waals surface area contributed by atoms with Crippen molar-refractivity contribution < 1.29 is 9.18 Å². The van der Waals surface area contributed by atoms with Crippen molar-refractivity contribution in [2.75, 3.05) is 17.2 Å². The molecule has 0 aliphatic carbocycles. The van der Waals surface area contributed by atoms with E-state index in [1.54, 1.807) is 17.4 Å². The molecule has 6 heteroatoms. The minimum Gasteiger partial charge on any atom is -0.376 e. The summed E-state index contributed by atoms with van der Waals surface area (Å²) >= 11 is 1.59. The van der Waals surface area contributed by atoms with Crippen molar-refractivity contribution >= 4 is 28.6 Å². The van der Waals surface area contributed by atoms with E-state index in [0.717, 1.165) is 21.8 Å². The van der Waals surface area contributed by atoms with Gasteiger partial charge in [-0.25, -0.2) is 9.37 Å². The standard InChI is InChI=1S/C19H18FN3OS/c1-12-6-7-15(20)9-17(12)21-10-19(24)23-16-5-3-4-14(8-16)18-11-25-13(2)22-18/h3-9,11,21H,10H2,1-2H3,(H,23,24). The molecule has 25 heavy (non-hydrogen) atoms. The summed E-state index contributed by atoms with van der Waals surface area (Å²) < 4.78 is 13.3. The van der Waals surface area contributed by atoms with Gasteiger partial charge in [-0.2, -0.15) is 0 Å². The van der Waals surface area contributed by atoms with E-state index in [0.29, 0.717) is 11.4 Å². The Morgan fingerprint density at radius 3 is 2.80 bits per heavy atom. The molecule has 0 saturated heterocycles. The van der Waals surface area contributed by atoms with Crippen molar-refractivity contribution in [2.24, 2.45) is 0 Å². The van der Waals surface area contributed by atoms with Crippen LogP contribution in [0.25, 0.3) is 11.3 Å². The fourth-order valence-corrected chi connectivity index (χ4v) is 3.04. The number of rotatable bonds is 5. The minimum absolute atomic E-state index is 0.0599. The Hall–Kier alpha value is -2.73. The second kappa shape index (κ2) is 7.44. The molecule has 0 saturated carbocycles. The van der Waals surface area contributed by atoms with Crippen LogP contribution in [0.1, 0.15) is 10.6 Å². The largest absolute Gasteiger partial charge is 0.376 e. The Bertz CT molecular complexity index is 907. The number of carbonyl (C=O) groups is 1. The van der Waals surface area contributed by atoms with Crippen LogP contribution in [-0.2, 0) is 4.79 Å². The molecule has 1 amide bonds. The fraction of sp³-hybridized carbons (Fsp3) is 0.158. The molecule has 1 aromatic heterocycles. The van der Waals surface area contributed by atoms with Gasteiger partial charge in [0, 0.05) is 22.3 Å². The van der Waals surface area contributed by atoms with E-state index in [1.165, 1.54) is 12.1 Å². The van der Waals surface area contributed by atoms with Gasteiger partial charge in [0.25, 0.3) is 0 Å². The molecule has 0 aliphatic heterocycles. The van der Waals surface area contributed by atoms with Crippen LogP contribution in [0.5, 0.6) is 0 Å².